The number of ether oxygens (including phenoxy) is 7. The average Bonchev–Trinajstić information content (AvgIpc) is 3.93. The number of aliphatic hydroxyl groups is 1. The predicted octanol–water partition coefficient (Wildman–Crippen LogP) is 3.50. The van der Waals surface area contributed by atoms with Crippen molar-refractivity contribution >= 4 is 23.8 Å². The lowest BCUT2D eigenvalue weighted by molar-refractivity contribution is -0.316. The molecule has 4 N–H and O–H groups in total. The number of carbonyl (C=O) groups is 4. The summed E-state index contributed by atoms with van der Waals surface area (Å²) in [5.74, 6) is -3.50. The number of methoxy groups -OCH3 is 1. The highest BCUT2D eigenvalue weighted by atomic mass is 16.7. The number of aromatic amines is 2. The topological polar surface area (TPSA) is 203 Å². The lowest BCUT2D eigenvalue weighted by Gasteiger charge is -2.49. The van der Waals surface area contributed by atoms with E-state index in [0.29, 0.717) is 13.0 Å². The summed E-state index contributed by atoms with van der Waals surface area (Å²) in [4.78, 5) is 63.0. The first-order chi connectivity index (χ1) is 28.2. The zero-order valence-electron chi connectivity index (χ0n) is 37.0. The lowest BCUT2D eigenvalue weighted by Crippen LogP contribution is -2.61. The smallest absolute Gasteiger partial charge is 0.355 e. The Hall–Kier alpha value is -3.84. The molecule has 3 saturated heterocycles. The molecule has 0 aromatic carbocycles. The van der Waals surface area contributed by atoms with Gasteiger partial charge in [-0.05, 0) is 84.8 Å². The summed E-state index contributed by atoms with van der Waals surface area (Å²) < 4.78 is 44.8. The van der Waals surface area contributed by atoms with Gasteiger partial charge in [-0.2, -0.15) is 0 Å². The summed E-state index contributed by atoms with van der Waals surface area (Å²) >= 11 is 0. The number of rotatable bonds is 10. The molecule has 2 aromatic heterocycles. The van der Waals surface area contributed by atoms with Gasteiger partial charge in [-0.25, -0.2) is 9.59 Å². The van der Waals surface area contributed by atoms with Gasteiger partial charge in [0.25, 0.3) is 0 Å². The van der Waals surface area contributed by atoms with Gasteiger partial charge in [-0.3, -0.25) is 9.59 Å². The molecular weight excluding hydrogens is 778 g/mol. The van der Waals surface area contributed by atoms with Crippen molar-refractivity contribution in [2.24, 2.45) is 17.8 Å². The summed E-state index contributed by atoms with van der Waals surface area (Å²) in [7, 11) is 7.01. The van der Waals surface area contributed by atoms with Crippen LogP contribution >= 0.6 is 0 Å². The van der Waals surface area contributed by atoms with Crippen molar-refractivity contribution in [3.63, 3.8) is 0 Å². The second kappa shape index (κ2) is 19.9. The van der Waals surface area contributed by atoms with E-state index in [2.05, 4.69) is 15.3 Å². The summed E-state index contributed by atoms with van der Waals surface area (Å²) in [6.45, 7) is 13.1. The zero-order chi connectivity index (χ0) is 44.1. The highest BCUT2D eigenvalue weighted by molar-refractivity contribution is 5.88. The van der Waals surface area contributed by atoms with Crippen molar-refractivity contribution in [2.45, 2.75) is 141 Å². The Balaban J connectivity index is 1.52. The normalized spacial score (nSPS) is 37.6. The van der Waals surface area contributed by atoms with Gasteiger partial charge < -0.3 is 63.3 Å². The standard InChI is InChI=1S/C43H67N5O12/c1-24-21-42(6,53)36(60-41-35(31(47(8)9)20-25(2)55-41)58-39(51)29-14-12-17-44-29)26(3)34(27(4)38(50)46-19-16-32(49)48(10)23-24)57-33-22-43(7,54-11)37(28(5)56-33)59-40(52)30-15-13-18-45-30/h12-15,17-18,24-28,31,33-37,41,44-45,53H,16,19-23H2,1-11H3,(H,46,50)/t24-,25-,26+,27?,28+,31+,33?,34+,35-,36-,37+,41?,42-,43-/m1/s1. The first-order valence-electron chi connectivity index (χ1n) is 21.0. The summed E-state index contributed by atoms with van der Waals surface area (Å²) in [6.07, 6.45) is -2.79. The number of amides is 2. The van der Waals surface area contributed by atoms with E-state index in [9.17, 15) is 24.3 Å². The first-order valence-corrected chi connectivity index (χ1v) is 21.0. The van der Waals surface area contributed by atoms with Gasteiger partial charge in [0.1, 0.15) is 17.0 Å². The van der Waals surface area contributed by atoms with Crippen LogP contribution in [0.1, 0.15) is 95.1 Å². The van der Waals surface area contributed by atoms with Crippen LogP contribution in [0.15, 0.2) is 36.7 Å². The van der Waals surface area contributed by atoms with Crippen LogP contribution in [-0.4, -0.2) is 156 Å². The number of H-pyrrole nitrogens is 2. The van der Waals surface area contributed by atoms with Crippen LogP contribution in [0, 0.1) is 17.8 Å². The van der Waals surface area contributed by atoms with Crippen molar-refractivity contribution in [1.29, 1.82) is 0 Å². The number of nitrogens with one attached hydrogen (secondary N) is 3. The largest absolute Gasteiger partial charge is 0.452 e. The fourth-order valence-electron chi connectivity index (χ4n) is 9.12. The number of hydrogen-bond acceptors (Lipinski definition) is 13. The molecule has 3 fully saturated rings. The summed E-state index contributed by atoms with van der Waals surface area (Å²) in [5, 5.41) is 15.6. The van der Waals surface area contributed by atoms with Crippen LogP contribution in [0.5, 0.6) is 0 Å². The van der Waals surface area contributed by atoms with E-state index in [1.807, 2.05) is 46.7 Å². The maximum atomic E-state index is 14.0. The molecule has 2 amide bonds. The molecule has 2 aromatic rings. The van der Waals surface area contributed by atoms with Crippen LogP contribution in [0.25, 0.3) is 0 Å². The number of nitrogens with zero attached hydrogens (tertiary/aromatic N) is 2. The molecular formula is C43H67N5O12. The van der Waals surface area contributed by atoms with Crippen molar-refractivity contribution in [2.75, 3.05) is 41.3 Å². The Morgan fingerprint density at radius 1 is 0.900 bits per heavy atom. The Kier molecular flexibility index (Phi) is 15.7. The molecule has 60 heavy (non-hydrogen) atoms. The molecule has 0 aliphatic carbocycles. The Morgan fingerprint density at radius 3 is 2.12 bits per heavy atom. The molecule has 5 heterocycles. The van der Waals surface area contributed by atoms with E-state index in [1.165, 1.54) is 7.11 Å². The van der Waals surface area contributed by atoms with Gasteiger partial charge in [-0.15, -0.1) is 0 Å². The van der Waals surface area contributed by atoms with E-state index in [4.69, 9.17) is 33.2 Å². The molecule has 0 saturated carbocycles. The molecule has 336 valence electrons. The summed E-state index contributed by atoms with van der Waals surface area (Å²) in [5.41, 5.74) is -2.15. The third kappa shape index (κ3) is 11.2. The number of hydrogen-bond donors (Lipinski definition) is 4. The third-order valence-electron chi connectivity index (χ3n) is 12.3. The SMILES string of the molecule is CO[C@]1(C)CC(O[C@@H]2C(C)C(=O)NCCC(=O)N(C)C[C@H](C)C[C@@](C)(O)[C@H](OC3O[C@H](C)C[C@H](N(C)C)[C@H]3OC(=O)c3ccc[nH]3)[C@H]2C)O[C@@H](C)[C@@H]1OC(=O)c1ccc[nH]1. The third-order valence-corrected chi connectivity index (χ3v) is 12.3. The Bertz CT molecular complexity index is 1720. The van der Waals surface area contributed by atoms with Crippen LogP contribution in [0.3, 0.4) is 0 Å². The fraction of sp³-hybridized carbons (Fsp3) is 0.721. The molecule has 5 rings (SSSR count). The molecule has 0 spiro atoms. The second-order valence-electron chi connectivity index (χ2n) is 17.7. The van der Waals surface area contributed by atoms with Crippen LogP contribution < -0.4 is 5.32 Å². The van der Waals surface area contributed by atoms with Gasteiger partial charge in [0, 0.05) is 58.4 Å². The highest BCUT2D eigenvalue weighted by Gasteiger charge is 2.53. The van der Waals surface area contributed by atoms with Gasteiger partial charge >= 0.3 is 11.9 Å². The maximum absolute atomic E-state index is 14.0. The number of esters is 2. The average molecular weight is 846 g/mol. The molecule has 0 bridgehead atoms. The van der Waals surface area contributed by atoms with Crippen LogP contribution in [-0.2, 0) is 42.7 Å². The number of likely N-dealkylation sites (N-methyl/N-ethyl adjacent to an activating group) is 1. The molecule has 3 unspecified atom stereocenters. The molecule has 17 heteroatoms. The maximum Gasteiger partial charge on any atom is 0.355 e. The zero-order valence-corrected chi connectivity index (χ0v) is 37.0. The lowest BCUT2D eigenvalue weighted by atomic mass is 9.77. The van der Waals surface area contributed by atoms with E-state index in [0.717, 1.165) is 0 Å². The highest BCUT2D eigenvalue weighted by Crippen LogP contribution is 2.40. The van der Waals surface area contributed by atoms with Crippen LogP contribution in [0.4, 0.5) is 0 Å². The van der Waals surface area contributed by atoms with Gasteiger partial charge in [-0.1, -0.05) is 20.8 Å². The Morgan fingerprint density at radius 2 is 1.53 bits per heavy atom. The molecule has 3 aliphatic heterocycles. The molecule has 14 atom stereocenters. The molecule has 0 radical (unpaired) electrons. The number of carbonyl (C=O) groups excluding carboxylic acids is 4. The van der Waals surface area contributed by atoms with Crippen molar-refractivity contribution in [3.8, 4) is 0 Å². The van der Waals surface area contributed by atoms with E-state index in [-0.39, 0.29) is 67.1 Å². The van der Waals surface area contributed by atoms with Gasteiger partial charge in [0.2, 0.25) is 11.8 Å². The first kappa shape index (κ1) is 47.2. The van der Waals surface area contributed by atoms with E-state index in [1.54, 1.807) is 69.4 Å². The monoisotopic (exact) mass is 845 g/mol. The van der Waals surface area contributed by atoms with Crippen molar-refractivity contribution in [1.82, 2.24) is 25.1 Å². The minimum atomic E-state index is -1.62. The van der Waals surface area contributed by atoms with Crippen LogP contribution in [0.2, 0.25) is 0 Å². The predicted molar refractivity (Wildman–Crippen MR) is 219 cm³/mol. The number of aromatic nitrogens is 2. The van der Waals surface area contributed by atoms with Gasteiger partial charge in [0.15, 0.2) is 24.8 Å². The summed E-state index contributed by atoms with van der Waals surface area (Å²) in [6, 6.07) is 6.31. The van der Waals surface area contributed by atoms with E-state index < -0.39 is 78.1 Å². The van der Waals surface area contributed by atoms with Crippen molar-refractivity contribution < 1.29 is 57.4 Å². The quantitative estimate of drug-likeness (QED) is 0.254. The second-order valence-corrected chi connectivity index (χ2v) is 17.7. The molecule has 3 aliphatic rings. The minimum Gasteiger partial charge on any atom is -0.452 e. The van der Waals surface area contributed by atoms with Gasteiger partial charge in [0.05, 0.1) is 42.0 Å². The fourth-order valence-corrected chi connectivity index (χ4v) is 9.12. The minimum absolute atomic E-state index is 0.0930. The van der Waals surface area contributed by atoms with E-state index >= 15 is 0 Å². The van der Waals surface area contributed by atoms with Crippen molar-refractivity contribution in [3.05, 3.63) is 48.0 Å². The molecule has 17 nitrogen and oxygen atoms in total. The Labute approximate surface area is 353 Å².